The Morgan fingerprint density at radius 3 is 2.48 bits per heavy atom. The molecule has 0 fully saturated rings. The van der Waals surface area contributed by atoms with E-state index in [1.165, 1.54) is 36.4 Å². The van der Waals surface area contributed by atoms with Gasteiger partial charge in [-0.25, -0.2) is 17.5 Å². The quantitative estimate of drug-likeness (QED) is 0.823. The SMILES string of the molecule is COc1ccc(S(=O)(=O)N[C@@H](Cn2nccn2)C(C)C)cc1F. The summed E-state index contributed by atoms with van der Waals surface area (Å²) in [6, 6.07) is 3.08. The van der Waals surface area contributed by atoms with Crippen LogP contribution in [0.4, 0.5) is 4.39 Å². The maximum Gasteiger partial charge on any atom is 0.240 e. The first kappa shape index (κ1) is 17.4. The smallest absolute Gasteiger partial charge is 0.240 e. The maximum atomic E-state index is 13.7. The summed E-state index contributed by atoms with van der Waals surface area (Å²) in [5.74, 6) is -0.741. The largest absolute Gasteiger partial charge is 0.494 e. The van der Waals surface area contributed by atoms with E-state index in [0.717, 1.165) is 6.07 Å². The predicted octanol–water partition coefficient (Wildman–Crippen LogP) is 1.43. The first-order chi connectivity index (χ1) is 10.8. The summed E-state index contributed by atoms with van der Waals surface area (Å²) >= 11 is 0. The van der Waals surface area contributed by atoms with Gasteiger partial charge in [-0.1, -0.05) is 13.8 Å². The molecule has 0 aliphatic rings. The summed E-state index contributed by atoms with van der Waals surface area (Å²) in [4.78, 5) is 1.25. The minimum atomic E-state index is -3.87. The van der Waals surface area contributed by atoms with E-state index in [-0.39, 0.29) is 23.1 Å². The van der Waals surface area contributed by atoms with E-state index in [1.54, 1.807) is 0 Å². The molecule has 126 valence electrons. The van der Waals surface area contributed by atoms with Crippen molar-refractivity contribution in [1.29, 1.82) is 0 Å². The number of hydrogen-bond donors (Lipinski definition) is 1. The lowest BCUT2D eigenvalue weighted by Crippen LogP contribution is -2.41. The van der Waals surface area contributed by atoms with Crippen LogP contribution in [0, 0.1) is 11.7 Å². The zero-order valence-electron chi connectivity index (χ0n) is 13.1. The molecule has 0 amide bonds. The van der Waals surface area contributed by atoms with Crippen LogP contribution in [0.5, 0.6) is 5.75 Å². The van der Waals surface area contributed by atoms with Gasteiger partial charge in [0.25, 0.3) is 0 Å². The zero-order chi connectivity index (χ0) is 17.0. The molecule has 0 radical (unpaired) electrons. The van der Waals surface area contributed by atoms with Gasteiger partial charge in [0.05, 0.1) is 30.9 Å². The molecule has 1 atom stereocenters. The highest BCUT2D eigenvalue weighted by Gasteiger charge is 2.24. The molecule has 0 unspecified atom stereocenters. The minimum absolute atomic E-state index is 0.00105. The maximum absolute atomic E-state index is 13.7. The van der Waals surface area contributed by atoms with Gasteiger partial charge in [-0.15, -0.1) is 0 Å². The Hall–Kier alpha value is -2.00. The van der Waals surface area contributed by atoms with Gasteiger partial charge in [-0.2, -0.15) is 15.0 Å². The van der Waals surface area contributed by atoms with Gasteiger partial charge in [0, 0.05) is 6.04 Å². The van der Waals surface area contributed by atoms with Crippen LogP contribution in [0.2, 0.25) is 0 Å². The number of nitrogens with one attached hydrogen (secondary N) is 1. The first-order valence-electron chi connectivity index (χ1n) is 7.03. The van der Waals surface area contributed by atoms with Crippen molar-refractivity contribution in [3.05, 3.63) is 36.4 Å². The lowest BCUT2D eigenvalue weighted by molar-refractivity contribution is 0.361. The first-order valence-corrected chi connectivity index (χ1v) is 8.52. The van der Waals surface area contributed by atoms with Gasteiger partial charge in [-0.3, -0.25) is 0 Å². The van der Waals surface area contributed by atoms with E-state index < -0.39 is 21.9 Å². The molecule has 0 saturated carbocycles. The van der Waals surface area contributed by atoms with E-state index in [2.05, 4.69) is 14.9 Å². The second-order valence-electron chi connectivity index (χ2n) is 5.35. The molecule has 0 spiro atoms. The number of ether oxygens (including phenoxy) is 1. The fourth-order valence-electron chi connectivity index (χ4n) is 1.98. The lowest BCUT2D eigenvalue weighted by Gasteiger charge is -2.21. The normalized spacial score (nSPS) is 13.3. The summed E-state index contributed by atoms with van der Waals surface area (Å²) < 4.78 is 46.0. The Morgan fingerprint density at radius 2 is 1.96 bits per heavy atom. The number of nitrogens with zero attached hydrogens (tertiary/aromatic N) is 3. The van der Waals surface area contributed by atoms with Crippen molar-refractivity contribution in [2.24, 2.45) is 5.92 Å². The molecule has 0 saturated heterocycles. The topological polar surface area (TPSA) is 86.1 Å². The molecule has 2 aromatic rings. The zero-order valence-corrected chi connectivity index (χ0v) is 13.9. The van der Waals surface area contributed by atoms with Crippen LogP contribution in [-0.4, -0.2) is 36.6 Å². The molecule has 9 heteroatoms. The van der Waals surface area contributed by atoms with Crippen molar-refractivity contribution < 1.29 is 17.5 Å². The second-order valence-corrected chi connectivity index (χ2v) is 7.07. The Balaban J connectivity index is 2.22. The molecule has 1 aromatic carbocycles. The average molecular weight is 342 g/mol. The van der Waals surface area contributed by atoms with Crippen LogP contribution >= 0.6 is 0 Å². The molecular weight excluding hydrogens is 323 g/mol. The highest BCUT2D eigenvalue weighted by atomic mass is 32.2. The summed E-state index contributed by atoms with van der Waals surface area (Å²) in [7, 11) is -2.55. The number of rotatable bonds is 7. The van der Waals surface area contributed by atoms with Gasteiger partial charge in [-0.05, 0) is 24.1 Å². The highest BCUT2D eigenvalue weighted by molar-refractivity contribution is 7.89. The van der Waals surface area contributed by atoms with E-state index in [1.807, 2.05) is 13.8 Å². The van der Waals surface area contributed by atoms with Crippen LogP contribution in [0.1, 0.15) is 13.8 Å². The molecule has 1 aromatic heterocycles. The van der Waals surface area contributed by atoms with Gasteiger partial charge >= 0.3 is 0 Å². The number of sulfonamides is 1. The van der Waals surface area contributed by atoms with Crippen LogP contribution < -0.4 is 9.46 Å². The molecule has 0 bridgehead atoms. The van der Waals surface area contributed by atoms with E-state index >= 15 is 0 Å². The number of halogens is 1. The molecule has 2 rings (SSSR count). The van der Waals surface area contributed by atoms with Gasteiger partial charge in [0.15, 0.2) is 11.6 Å². The third-order valence-electron chi connectivity index (χ3n) is 3.37. The predicted molar refractivity (Wildman–Crippen MR) is 81.9 cm³/mol. The minimum Gasteiger partial charge on any atom is -0.494 e. The Bertz CT molecular complexity index is 747. The molecule has 0 aliphatic carbocycles. The summed E-state index contributed by atoms with van der Waals surface area (Å²) in [6.45, 7) is 4.04. The molecule has 7 nitrogen and oxygen atoms in total. The molecule has 1 N–H and O–H groups in total. The van der Waals surface area contributed by atoms with E-state index in [0.29, 0.717) is 0 Å². The molecule has 0 aliphatic heterocycles. The lowest BCUT2D eigenvalue weighted by atomic mass is 10.1. The fraction of sp³-hybridized carbons (Fsp3) is 0.429. The molecule has 1 heterocycles. The van der Waals surface area contributed by atoms with Crippen LogP contribution in [-0.2, 0) is 16.6 Å². The summed E-state index contributed by atoms with van der Waals surface area (Å²) in [5, 5.41) is 7.94. The summed E-state index contributed by atoms with van der Waals surface area (Å²) in [5.41, 5.74) is 0. The van der Waals surface area contributed by atoms with E-state index in [9.17, 15) is 12.8 Å². The van der Waals surface area contributed by atoms with Crippen molar-refractivity contribution in [1.82, 2.24) is 19.7 Å². The highest BCUT2D eigenvalue weighted by Crippen LogP contribution is 2.21. The van der Waals surface area contributed by atoms with Crippen molar-refractivity contribution >= 4 is 10.0 Å². The standard InChI is InChI=1S/C14H19FN4O3S/c1-10(2)13(9-19-16-6-7-17-19)18-23(20,21)11-4-5-14(22-3)12(15)8-11/h4-8,10,13,18H,9H2,1-3H3/t13-/m0/s1. The number of benzene rings is 1. The monoisotopic (exact) mass is 342 g/mol. The van der Waals surface area contributed by atoms with Crippen LogP contribution in [0.25, 0.3) is 0 Å². The van der Waals surface area contributed by atoms with Crippen molar-refractivity contribution in [2.75, 3.05) is 7.11 Å². The number of methoxy groups -OCH3 is 1. The number of hydrogen-bond acceptors (Lipinski definition) is 5. The van der Waals surface area contributed by atoms with E-state index in [4.69, 9.17) is 4.74 Å². The number of aromatic nitrogens is 3. The van der Waals surface area contributed by atoms with Crippen molar-refractivity contribution in [2.45, 2.75) is 31.3 Å². The molecular formula is C14H19FN4O3S. The third kappa shape index (κ3) is 4.26. The van der Waals surface area contributed by atoms with Crippen LogP contribution in [0.15, 0.2) is 35.5 Å². The van der Waals surface area contributed by atoms with Gasteiger partial charge in [0.2, 0.25) is 10.0 Å². The Morgan fingerprint density at radius 1 is 1.30 bits per heavy atom. The van der Waals surface area contributed by atoms with Crippen molar-refractivity contribution in [3.8, 4) is 5.75 Å². The Kier molecular flexibility index (Phi) is 5.32. The molecule has 23 heavy (non-hydrogen) atoms. The van der Waals surface area contributed by atoms with Gasteiger partial charge < -0.3 is 4.74 Å². The van der Waals surface area contributed by atoms with Crippen molar-refractivity contribution in [3.63, 3.8) is 0 Å². The summed E-state index contributed by atoms with van der Waals surface area (Å²) in [6.07, 6.45) is 3.04. The third-order valence-corrected chi connectivity index (χ3v) is 4.86. The van der Waals surface area contributed by atoms with Crippen LogP contribution in [0.3, 0.4) is 0 Å². The van der Waals surface area contributed by atoms with Gasteiger partial charge in [0.1, 0.15) is 0 Å². The average Bonchev–Trinajstić information content (AvgIpc) is 2.99. The Labute approximate surface area is 134 Å². The fourth-order valence-corrected chi connectivity index (χ4v) is 3.37. The second kappa shape index (κ2) is 7.05.